The third-order valence-corrected chi connectivity index (χ3v) is 9.20. The van der Waals surface area contributed by atoms with Crippen LogP contribution in [0.4, 0.5) is 4.79 Å². The van der Waals surface area contributed by atoms with Gasteiger partial charge in [-0.25, -0.2) is 13.2 Å². The first-order valence-corrected chi connectivity index (χ1v) is 13.8. The van der Waals surface area contributed by atoms with Gasteiger partial charge < -0.3 is 14.8 Å². The largest absolute Gasteiger partial charge is 0.497 e. The number of amides is 2. The zero-order chi connectivity index (χ0) is 25.4. The van der Waals surface area contributed by atoms with Crippen molar-refractivity contribution in [2.75, 3.05) is 20.2 Å². The molecule has 2 aromatic rings. The fourth-order valence-electron chi connectivity index (χ4n) is 4.36. The molecule has 1 saturated heterocycles. The van der Waals surface area contributed by atoms with E-state index in [1.807, 2.05) is 51.1 Å². The molecular weight excluding hydrogens is 490 g/mol. The normalized spacial score (nSPS) is 21.8. The van der Waals surface area contributed by atoms with Gasteiger partial charge in [-0.3, -0.25) is 14.4 Å². The summed E-state index contributed by atoms with van der Waals surface area (Å²) in [5, 5.41) is 2.01. The van der Waals surface area contributed by atoms with Gasteiger partial charge in [0, 0.05) is 29.4 Å². The summed E-state index contributed by atoms with van der Waals surface area (Å²) >= 11 is 1.41. The molecule has 190 valence electrons. The lowest BCUT2D eigenvalue weighted by atomic mass is 9.99. The summed E-state index contributed by atoms with van der Waals surface area (Å²) in [4.78, 5) is 28.1. The Morgan fingerprint density at radius 2 is 1.97 bits per heavy atom. The Morgan fingerprint density at radius 1 is 1.26 bits per heavy atom. The van der Waals surface area contributed by atoms with Crippen molar-refractivity contribution in [3.63, 3.8) is 0 Å². The molecule has 0 aliphatic carbocycles. The van der Waals surface area contributed by atoms with E-state index in [2.05, 4.69) is 14.9 Å². The van der Waals surface area contributed by atoms with E-state index in [4.69, 9.17) is 9.47 Å². The maximum absolute atomic E-state index is 12.5. The number of rotatable bonds is 6. The maximum atomic E-state index is 12.5. The van der Waals surface area contributed by atoms with Crippen LogP contribution in [-0.2, 0) is 32.5 Å². The number of fused-ring (bicyclic) bond motifs is 1. The van der Waals surface area contributed by atoms with Crippen LogP contribution in [0.5, 0.6) is 5.75 Å². The van der Waals surface area contributed by atoms with Crippen LogP contribution in [0.3, 0.4) is 0 Å². The first-order chi connectivity index (χ1) is 16.4. The molecule has 1 aromatic carbocycles. The number of nitrogens with zero attached hydrogens (tertiary/aromatic N) is 1. The smallest absolute Gasteiger partial charge is 0.407 e. The molecule has 2 atom stereocenters. The summed E-state index contributed by atoms with van der Waals surface area (Å²) in [6.07, 6.45) is 0.177. The predicted molar refractivity (Wildman–Crippen MR) is 133 cm³/mol. The van der Waals surface area contributed by atoms with Gasteiger partial charge in [0.25, 0.3) is 0 Å². The molecule has 2 aliphatic rings. The first-order valence-electron chi connectivity index (χ1n) is 11.5. The van der Waals surface area contributed by atoms with Crippen molar-refractivity contribution in [1.29, 1.82) is 0 Å². The van der Waals surface area contributed by atoms with Crippen LogP contribution in [-0.4, -0.2) is 51.1 Å². The van der Waals surface area contributed by atoms with Crippen molar-refractivity contribution in [3.05, 3.63) is 51.2 Å². The zero-order valence-corrected chi connectivity index (χ0v) is 21.9. The number of sulfonamides is 1. The summed E-state index contributed by atoms with van der Waals surface area (Å²) in [6.45, 7) is 7.13. The number of hydrogen-bond acceptors (Lipinski definition) is 8. The van der Waals surface area contributed by atoms with E-state index in [1.54, 1.807) is 7.11 Å². The summed E-state index contributed by atoms with van der Waals surface area (Å²) in [5.74, 6) is 0.298. The minimum Gasteiger partial charge on any atom is -0.497 e. The number of ether oxygens (including phenoxy) is 2. The summed E-state index contributed by atoms with van der Waals surface area (Å²) < 4.78 is 37.7. The summed E-state index contributed by atoms with van der Waals surface area (Å²) in [7, 11) is -2.10. The van der Waals surface area contributed by atoms with Gasteiger partial charge in [-0.05, 0) is 56.5 Å². The molecule has 4 rings (SSSR count). The van der Waals surface area contributed by atoms with Gasteiger partial charge in [0.1, 0.15) is 16.6 Å². The van der Waals surface area contributed by atoms with Crippen LogP contribution in [0.15, 0.2) is 30.3 Å². The molecule has 2 aliphatic heterocycles. The van der Waals surface area contributed by atoms with Crippen LogP contribution in [0.1, 0.15) is 59.4 Å². The molecule has 3 heterocycles. The predicted octanol–water partition coefficient (Wildman–Crippen LogP) is 3.27. The molecule has 35 heavy (non-hydrogen) atoms. The Labute approximate surface area is 209 Å². The first kappa shape index (κ1) is 25.5. The van der Waals surface area contributed by atoms with Gasteiger partial charge in [0.05, 0.1) is 19.6 Å². The molecular formula is C24H31N3O6S2. The molecule has 2 amide bonds. The Kier molecular flexibility index (Phi) is 7.12. The molecule has 0 bridgehead atoms. The van der Waals surface area contributed by atoms with Gasteiger partial charge >= 0.3 is 6.09 Å². The number of carbonyl (C=O) groups excluding carboxylic acids is 2. The highest BCUT2D eigenvalue weighted by Gasteiger charge is 2.40. The number of nitrogens with one attached hydrogen (secondary N) is 2. The molecule has 2 unspecified atom stereocenters. The van der Waals surface area contributed by atoms with Crippen molar-refractivity contribution < 1.29 is 27.5 Å². The molecule has 2 N–H and O–H groups in total. The second-order valence-electron chi connectivity index (χ2n) is 9.77. The van der Waals surface area contributed by atoms with Gasteiger partial charge in [-0.15, -0.1) is 11.3 Å². The monoisotopic (exact) mass is 521 g/mol. The average Bonchev–Trinajstić information content (AvgIpc) is 3.31. The number of methoxy groups -OCH3 is 1. The molecule has 9 nitrogen and oxygen atoms in total. The molecule has 1 fully saturated rings. The van der Waals surface area contributed by atoms with E-state index >= 15 is 0 Å². The fourth-order valence-corrected chi connectivity index (χ4v) is 7.50. The quantitative estimate of drug-likeness (QED) is 0.600. The topological polar surface area (TPSA) is 114 Å². The molecule has 1 aromatic heterocycles. The average molecular weight is 522 g/mol. The second-order valence-corrected chi connectivity index (χ2v) is 12.7. The third-order valence-electron chi connectivity index (χ3n) is 5.97. The Hall–Kier alpha value is -2.63. The Balaban J connectivity index is 1.60. The van der Waals surface area contributed by atoms with Gasteiger partial charge in [-0.2, -0.15) is 0 Å². The number of thiophene rings is 1. The van der Waals surface area contributed by atoms with Crippen molar-refractivity contribution in [3.8, 4) is 5.75 Å². The number of carbonyl (C=O) groups is 2. The Morgan fingerprint density at radius 3 is 2.57 bits per heavy atom. The highest BCUT2D eigenvalue weighted by atomic mass is 32.2. The van der Waals surface area contributed by atoms with Crippen LogP contribution in [0, 0.1) is 0 Å². The lowest BCUT2D eigenvalue weighted by Crippen LogP contribution is -2.42. The van der Waals surface area contributed by atoms with E-state index in [0.717, 1.165) is 34.7 Å². The van der Waals surface area contributed by atoms with Crippen LogP contribution in [0.2, 0.25) is 0 Å². The minimum absolute atomic E-state index is 0.0713. The van der Waals surface area contributed by atoms with Gasteiger partial charge in [0.2, 0.25) is 15.9 Å². The van der Waals surface area contributed by atoms with E-state index in [1.165, 1.54) is 11.3 Å². The second kappa shape index (κ2) is 9.79. The van der Waals surface area contributed by atoms with Gasteiger partial charge in [-0.1, -0.05) is 12.1 Å². The SMILES string of the molecule is COc1ccc(CN2CCc3cc(C4CC(=O)NS4(=O)=O)sc3C2CNC(=O)OC(C)(C)C)cc1. The van der Waals surface area contributed by atoms with E-state index in [-0.39, 0.29) is 12.5 Å². The minimum atomic E-state index is -3.73. The zero-order valence-electron chi connectivity index (χ0n) is 20.3. The highest BCUT2D eigenvalue weighted by Crippen LogP contribution is 2.42. The fraction of sp³-hybridized carbons (Fsp3) is 0.500. The Bertz CT molecular complexity index is 1200. The van der Waals surface area contributed by atoms with Gasteiger partial charge in [0.15, 0.2) is 0 Å². The van der Waals surface area contributed by atoms with Crippen molar-refractivity contribution >= 4 is 33.4 Å². The van der Waals surface area contributed by atoms with Crippen molar-refractivity contribution in [2.24, 2.45) is 0 Å². The number of benzene rings is 1. The third kappa shape index (κ3) is 5.96. The number of hydrogen-bond donors (Lipinski definition) is 2. The lowest BCUT2D eigenvalue weighted by Gasteiger charge is -2.36. The molecule has 0 saturated carbocycles. The van der Waals surface area contributed by atoms with Crippen molar-refractivity contribution in [2.45, 2.75) is 57.1 Å². The highest BCUT2D eigenvalue weighted by molar-refractivity contribution is 7.90. The molecule has 11 heteroatoms. The van der Waals surface area contributed by atoms with E-state index in [0.29, 0.717) is 18.0 Å². The van der Waals surface area contributed by atoms with E-state index in [9.17, 15) is 18.0 Å². The van der Waals surface area contributed by atoms with Crippen molar-refractivity contribution in [1.82, 2.24) is 14.9 Å². The lowest BCUT2D eigenvalue weighted by molar-refractivity contribution is -0.118. The summed E-state index contributed by atoms with van der Waals surface area (Å²) in [6, 6.07) is 9.59. The molecule has 0 spiro atoms. The molecule has 0 radical (unpaired) electrons. The van der Waals surface area contributed by atoms with Crippen LogP contribution in [0.25, 0.3) is 0 Å². The van der Waals surface area contributed by atoms with E-state index < -0.39 is 32.9 Å². The number of alkyl carbamates (subject to hydrolysis) is 1. The summed E-state index contributed by atoms with van der Waals surface area (Å²) in [5.41, 5.74) is 1.54. The van der Waals surface area contributed by atoms with Crippen LogP contribution < -0.4 is 14.8 Å². The standard InChI is InChI=1S/C24H31N3O6S2/c1-24(2,3)33-23(29)25-13-18-22-16(11-19(34-22)20-12-21(28)26-35(20,30)31)9-10-27(18)14-15-5-7-17(32-4)8-6-15/h5-8,11,18,20H,9-10,12-14H2,1-4H3,(H,25,29)(H,26,28). The van der Waals surface area contributed by atoms with Crippen LogP contribution >= 0.6 is 11.3 Å². The maximum Gasteiger partial charge on any atom is 0.407 e.